The van der Waals surface area contributed by atoms with Crippen LogP contribution < -0.4 is 0 Å². The van der Waals surface area contributed by atoms with Gasteiger partial charge in [0, 0.05) is 23.7 Å². The zero-order chi connectivity index (χ0) is 14.2. The predicted molar refractivity (Wildman–Crippen MR) is 78.4 cm³/mol. The molecular weight excluding hydrogens is 250 g/mol. The van der Waals surface area contributed by atoms with Crippen molar-refractivity contribution in [3.8, 4) is 0 Å². The summed E-state index contributed by atoms with van der Waals surface area (Å²) in [7, 11) is 3.26. The van der Waals surface area contributed by atoms with Gasteiger partial charge in [-0.3, -0.25) is 4.99 Å². The second-order valence-corrected chi connectivity index (χ2v) is 5.20. The standard InChI is InChI=1S/C14H24ClNO2/c1-7-8-12(15)11(9-13(16-5)17-6)10-18-14(2,3)4/h8-9H,7,10H2,1-6H3/b11-9-,12-8-,16-13?. The van der Waals surface area contributed by atoms with Crippen LogP contribution in [-0.4, -0.2) is 32.3 Å². The summed E-state index contributed by atoms with van der Waals surface area (Å²) in [5.74, 6) is 0.533. The highest BCUT2D eigenvalue weighted by atomic mass is 35.5. The van der Waals surface area contributed by atoms with Gasteiger partial charge in [-0.25, -0.2) is 0 Å². The molecule has 0 aliphatic heterocycles. The Labute approximate surface area is 116 Å². The molecule has 0 aliphatic carbocycles. The lowest BCUT2D eigenvalue weighted by atomic mass is 10.1. The van der Waals surface area contributed by atoms with Gasteiger partial charge >= 0.3 is 0 Å². The van der Waals surface area contributed by atoms with Crippen molar-refractivity contribution in [2.45, 2.75) is 39.7 Å². The van der Waals surface area contributed by atoms with Gasteiger partial charge < -0.3 is 9.47 Å². The van der Waals surface area contributed by atoms with Crippen LogP contribution >= 0.6 is 11.6 Å². The van der Waals surface area contributed by atoms with Gasteiger partial charge in [0.15, 0.2) is 0 Å². The first-order valence-corrected chi connectivity index (χ1v) is 6.43. The molecule has 0 rings (SSSR count). The predicted octanol–water partition coefficient (Wildman–Crippen LogP) is 3.94. The van der Waals surface area contributed by atoms with Crippen molar-refractivity contribution >= 4 is 17.5 Å². The Hall–Kier alpha value is -0.800. The Morgan fingerprint density at radius 3 is 2.33 bits per heavy atom. The Kier molecular flexibility index (Phi) is 7.96. The summed E-state index contributed by atoms with van der Waals surface area (Å²) in [5, 5.41) is 0.681. The van der Waals surface area contributed by atoms with Crippen molar-refractivity contribution in [3.63, 3.8) is 0 Å². The zero-order valence-electron chi connectivity index (χ0n) is 12.2. The first kappa shape index (κ1) is 17.2. The Morgan fingerprint density at radius 1 is 1.33 bits per heavy atom. The fourth-order valence-electron chi connectivity index (χ4n) is 1.15. The van der Waals surface area contributed by atoms with E-state index in [-0.39, 0.29) is 5.60 Å². The molecule has 0 aromatic carbocycles. The van der Waals surface area contributed by atoms with Gasteiger partial charge in [-0.05, 0) is 27.2 Å². The van der Waals surface area contributed by atoms with E-state index in [1.165, 1.54) is 0 Å². The van der Waals surface area contributed by atoms with Gasteiger partial charge in [0.2, 0.25) is 5.90 Å². The van der Waals surface area contributed by atoms with Crippen molar-refractivity contribution in [1.82, 2.24) is 0 Å². The third-order valence-electron chi connectivity index (χ3n) is 2.08. The van der Waals surface area contributed by atoms with E-state index >= 15 is 0 Å². The molecule has 4 heteroatoms. The monoisotopic (exact) mass is 273 g/mol. The molecule has 0 saturated heterocycles. The Balaban J connectivity index is 5.01. The average Bonchev–Trinajstić information content (AvgIpc) is 2.28. The van der Waals surface area contributed by atoms with Crippen molar-refractivity contribution in [2.24, 2.45) is 4.99 Å². The molecule has 0 fully saturated rings. The second-order valence-electron chi connectivity index (χ2n) is 4.80. The van der Waals surface area contributed by atoms with Gasteiger partial charge in [-0.1, -0.05) is 24.6 Å². The van der Waals surface area contributed by atoms with Gasteiger partial charge in [0.1, 0.15) is 0 Å². The van der Waals surface area contributed by atoms with Crippen molar-refractivity contribution < 1.29 is 9.47 Å². The van der Waals surface area contributed by atoms with E-state index in [9.17, 15) is 0 Å². The van der Waals surface area contributed by atoms with Crippen LogP contribution in [0.2, 0.25) is 0 Å². The van der Waals surface area contributed by atoms with Crippen LogP contribution in [0.4, 0.5) is 0 Å². The summed E-state index contributed by atoms with van der Waals surface area (Å²) >= 11 is 6.24. The maximum absolute atomic E-state index is 6.24. The molecule has 0 unspecified atom stereocenters. The van der Waals surface area contributed by atoms with Crippen LogP contribution in [0, 0.1) is 0 Å². The smallest absolute Gasteiger partial charge is 0.208 e. The molecular formula is C14H24ClNO2. The van der Waals surface area contributed by atoms with Crippen LogP contribution in [0.3, 0.4) is 0 Å². The van der Waals surface area contributed by atoms with E-state index < -0.39 is 0 Å². The first-order chi connectivity index (χ1) is 8.34. The highest BCUT2D eigenvalue weighted by Gasteiger charge is 2.13. The molecule has 0 bridgehead atoms. The van der Waals surface area contributed by atoms with Crippen LogP contribution in [0.5, 0.6) is 0 Å². The molecule has 0 heterocycles. The quantitative estimate of drug-likeness (QED) is 0.432. The Morgan fingerprint density at radius 2 is 1.94 bits per heavy atom. The lowest BCUT2D eigenvalue weighted by Gasteiger charge is -2.20. The molecule has 104 valence electrons. The normalized spacial score (nSPS) is 14.9. The molecule has 0 amide bonds. The van der Waals surface area contributed by atoms with E-state index in [1.54, 1.807) is 20.2 Å². The molecule has 18 heavy (non-hydrogen) atoms. The third kappa shape index (κ3) is 7.51. The number of methoxy groups -OCH3 is 1. The number of hydrogen-bond donors (Lipinski definition) is 0. The third-order valence-corrected chi connectivity index (χ3v) is 2.48. The highest BCUT2D eigenvalue weighted by molar-refractivity contribution is 6.32. The molecule has 0 saturated carbocycles. The van der Waals surface area contributed by atoms with Crippen molar-refractivity contribution in [2.75, 3.05) is 20.8 Å². The molecule has 0 aliphatic rings. The van der Waals surface area contributed by atoms with E-state index in [4.69, 9.17) is 21.1 Å². The van der Waals surface area contributed by atoms with Gasteiger partial charge in [-0.2, -0.15) is 0 Å². The van der Waals surface area contributed by atoms with E-state index in [0.29, 0.717) is 17.5 Å². The maximum atomic E-state index is 6.24. The number of ether oxygens (including phenoxy) is 2. The number of nitrogens with zero attached hydrogens (tertiary/aromatic N) is 1. The lowest BCUT2D eigenvalue weighted by molar-refractivity contribution is 0.0121. The second kappa shape index (κ2) is 8.33. The lowest BCUT2D eigenvalue weighted by Crippen LogP contribution is -2.21. The first-order valence-electron chi connectivity index (χ1n) is 6.05. The number of rotatable bonds is 5. The number of aliphatic imine (C=N–C) groups is 1. The van der Waals surface area contributed by atoms with Crippen LogP contribution in [-0.2, 0) is 9.47 Å². The zero-order valence-corrected chi connectivity index (χ0v) is 13.0. The molecule has 0 aromatic rings. The molecule has 0 N–H and O–H groups in total. The summed E-state index contributed by atoms with van der Waals surface area (Å²) in [4.78, 5) is 4.01. The molecule has 0 radical (unpaired) electrons. The number of halogens is 1. The van der Waals surface area contributed by atoms with E-state index in [0.717, 1.165) is 12.0 Å². The van der Waals surface area contributed by atoms with Gasteiger partial charge in [-0.15, -0.1) is 0 Å². The largest absolute Gasteiger partial charge is 0.481 e. The average molecular weight is 274 g/mol. The molecule has 0 aromatic heterocycles. The highest BCUT2D eigenvalue weighted by Crippen LogP contribution is 2.19. The topological polar surface area (TPSA) is 30.8 Å². The minimum Gasteiger partial charge on any atom is -0.481 e. The van der Waals surface area contributed by atoms with Crippen LogP contribution in [0.1, 0.15) is 34.1 Å². The van der Waals surface area contributed by atoms with Crippen LogP contribution in [0.15, 0.2) is 27.7 Å². The van der Waals surface area contributed by atoms with Crippen molar-refractivity contribution in [3.05, 3.63) is 22.8 Å². The number of allylic oxidation sites excluding steroid dienone is 1. The van der Waals surface area contributed by atoms with E-state index in [2.05, 4.69) is 4.99 Å². The minimum atomic E-state index is -0.209. The summed E-state index contributed by atoms with van der Waals surface area (Å²) < 4.78 is 10.9. The van der Waals surface area contributed by atoms with E-state index in [1.807, 2.05) is 33.8 Å². The van der Waals surface area contributed by atoms with Crippen LogP contribution in [0.25, 0.3) is 0 Å². The van der Waals surface area contributed by atoms with Crippen molar-refractivity contribution in [1.29, 1.82) is 0 Å². The van der Waals surface area contributed by atoms with Gasteiger partial charge in [0.05, 0.1) is 19.3 Å². The fourth-order valence-corrected chi connectivity index (χ4v) is 1.41. The minimum absolute atomic E-state index is 0.209. The number of hydrogen-bond acceptors (Lipinski definition) is 3. The van der Waals surface area contributed by atoms with Gasteiger partial charge in [0.25, 0.3) is 0 Å². The maximum Gasteiger partial charge on any atom is 0.208 e. The summed E-state index contributed by atoms with van der Waals surface area (Å²) in [5.41, 5.74) is 0.662. The fraction of sp³-hybridized carbons (Fsp3) is 0.643. The molecule has 0 spiro atoms. The summed E-state index contributed by atoms with van der Waals surface area (Å²) in [6.07, 6.45) is 4.62. The molecule has 3 nitrogen and oxygen atoms in total. The SMILES string of the molecule is CC/C=C(Cl)/C(=C\C(=NC)OC)COC(C)(C)C. The molecule has 0 atom stereocenters. The summed E-state index contributed by atoms with van der Waals surface area (Å²) in [6.45, 7) is 8.49. The summed E-state index contributed by atoms with van der Waals surface area (Å²) in [6, 6.07) is 0. The Bertz CT molecular complexity index is 338.